The zero-order valence-electron chi connectivity index (χ0n) is 20.1. The van der Waals surface area contributed by atoms with Crippen molar-refractivity contribution >= 4 is 35.0 Å². The number of aryl methyl sites for hydroxylation is 2. The Labute approximate surface area is 209 Å². The number of hydrogen-bond donors (Lipinski definition) is 0. The maximum Gasteiger partial charge on any atom is 0.338 e. The first-order valence-electron chi connectivity index (χ1n) is 11.6. The van der Waals surface area contributed by atoms with Crippen molar-refractivity contribution in [2.75, 3.05) is 13.2 Å². The number of amides is 2. The molecule has 0 unspecified atom stereocenters. The molecule has 180 valence electrons. The van der Waals surface area contributed by atoms with E-state index in [9.17, 15) is 14.4 Å². The van der Waals surface area contributed by atoms with E-state index in [-0.39, 0.29) is 17.1 Å². The molecule has 4 rings (SSSR count). The summed E-state index contributed by atoms with van der Waals surface area (Å²) in [5, 5.41) is -0.224. The number of hydrogen-bond acceptors (Lipinski definition) is 5. The summed E-state index contributed by atoms with van der Waals surface area (Å²) in [5.74, 6) is -0.586. The standard InChI is InChI=1S/C28H28N2O4S/c1-4-34-27(32)22-12-14-24(15-13-22)30-19(2)17-23(20(30)3)18-25-26(31)29(28(33)35-25)16-8-11-21-9-6-5-7-10-21/h5-7,9-10,12-15,17-18H,4,8,11,16H2,1-3H3/b25-18+. The Morgan fingerprint density at radius 3 is 2.43 bits per heavy atom. The lowest BCUT2D eigenvalue weighted by molar-refractivity contribution is -0.122. The SMILES string of the molecule is CCOC(=O)c1ccc(-n2c(C)cc(/C=C3/SC(=O)N(CCCc4ccccc4)C3=O)c2C)cc1. The fourth-order valence-corrected chi connectivity index (χ4v) is 5.07. The third kappa shape index (κ3) is 5.41. The summed E-state index contributed by atoms with van der Waals surface area (Å²) in [4.78, 5) is 39.2. The van der Waals surface area contributed by atoms with Gasteiger partial charge in [-0.15, -0.1) is 0 Å². The first-order valence-corrected chi connectivity index (χ1v) is 12.5. The highest BCUT2D eigenvalue weighted by molar-refractivity contribution is 8.18. The largest absolute Gasteiger partial charge is 0.462 e. The second kappa shape index (κ2) is 10.8. The molecule has 0 bridgehead atoms. The molecular formula is C28H28N2O4S. The van der Waals surface area contributed by atoms with Crippen molar-refractivity contribution < 1.29 is 19.1 Å². The lowest BCUT2D eigenvalue weighted by Gasteiger charge is -2.12. The number of ether oxygens (including phenoxy) is 1. The number of nitrogens with zero attached hydrogens (tertiary/aromatic N) is 2. The smallest absolute Gasteiger partial charge is 0.338 e. The Balaban J connectivity index is 1.49. The van der Waals surface area contributed by atoms with Gasteiger partial charge in [-0.2, -0.15) is 0 Å². The van der Waals surface area contributed by atoms with Gasteiger partial charge >= 0.3 is 5.97 Å². The first kappa shape index (κ1) is 24.5. The quantitative estimate of drug-likeness (QED) is 0.290. The Kier molecular flexibility index (Phi) is 7.56. The molecule has 0 aliphatic carbocycles. The van der Waals surface area contributed by atoms with Gasteiger partial charge in [-0.05, 0) is 92.9 Å². The number of carbonyl (C=O) groups is 3. The number of imide groups is 1. The number of esters is 1. The average molecular weight is 489 g/mol. The van der Waals surface area contributed by atoms with Gasteiger partial charge in [0.25, 0.3) is 11.1 Å². The fourth-order valence-electron chi connectivity index (χ4n) is 4.21. The van der Waals surface area contributed by atoms with E-state index in [2.05, 4.69) is 4.57 Å². The Bertz CT molecular complexity index is 1280. The predicted octanol–water partition coefficient (Wildman–Crippen LogP) is 5.94. The van der Waals surface area contributed by atoms with Crippen molar-refractivity contribution in [3.05, 3.63) is 93.6 Å². The van der Waals surface area contributed by atoms with Gasteiger partial charge in [0.15, 0.2) is 0 Å². The molecule has 0 N–H and O–H groups in total. The van der Waals surface area contributed by atoms with Crippen molar-refractivity contribution in [1.82, 2.24) is 9.47 Å². The molecule has 6 nitrogen and oxygen atoms in total. The van der Waals surface area contributed by atoms with Crippen LogP contribution in [-0.4, -0.2) is 39.7 Å². The number of thioether (sulfide) groups is 1. The molecule has 35 heavy (non-hydrogen) atoms. The minimum Gasteiger partial charge on any atom is -0.462 e. The average Bonchev–Trinajstić information content (AvgIpc) is 3.28. The highest BCUT2D eigenvalue weighted by Crippen LogP contribution is 2.34. The van der Waals surface area contributed by atoms with E-state index < -0.39 is 0 Å². The van der Waals surface area contributed by atoms with E-state index in [1.165, 1.54) is 10.5 Å². The van der Waals surface area contributed by atoms with Gasteiger partial charge in [0.1, 0.15) is 0 Å². The van der Waals surface area contributed by atoms with E-state index in [1.807, 2.05) is 62.4 Å². The highest BCUT2D eigenvalue weighted by atomic mass is 32.2. The molecule has 1 aliphatic rings. The van der Waals surface area contributed by atoms with Crippen LogP contribution in [0.5, 0.6) is 0 Å². The van der Waals surface area contributed by atoms with E-state index in [0.717, 1.165) is 47.2 Å². The van der Waals surface area contributed by atoms with E-state index in [0.29, 0.717) is 23.6 Å². The third-order valence-corrected chi connectivity index (χ3v) is 6.86. The number of aromatic nitrogens is 1. The molecule has 1 fully saturated rings. The highest BCUT2D eigenvalue weighted by Gasteiger charge is 2.34. The van der Waals surface area contributed by atoms with E-state index >= 15 is 0 Å². The lowest BCUT2D eigenvalue weighted by atomic mass is 10.1. The molecule has 1 aliphatic heterocycles. The molecule has 0 saturated carbocycles. The van der Waals surface area contributed by atoms with Crippen LogP contribution in [0.25, 0.3) is 11.8 Å². The third-order valence-electron chi connectivity index (χ3n) is 5.96. The first-order chi connectivity index (χ1) is 16.9. The summed E-state index contributed by atoms with van der Waals surface area (Å²) in [7, 11) is 0. The normalized spacial score (nSPS) is 14.7. The summed E-state index contributed by atoms with van der Waals surface area (Å²) in [6.07, 6.45) is 3.34. The van der Waals surface area contributed by atoms with Crippen molar-refractivity contribution in [2.24, 2.45) is 0 Å². The molecule has 2 heterocycles. The minimum atomic E-state index is -0.347. The van der Waals surface area contributed by atoms with Crippen LogP contribution >= 0.6 is 11.8 Å². The van der Waals surface area contributed by atoms with Crippen molar-refractivity contribution in [2.45, 2.75) is 33.6 Å². The summed E-state index contributed by atoms with van der Waals surface area (Å²) in [6, 6.07) is 19.3. The minimum absolute atomic E-state index is 0.224. The molecule has 2 aromatic carbocycles. The van der Waals surface area contributed by atoms with Gasteiger partial charge < -0.3 is 9.30 Å². The monoisotopic (exact) mass is 488 g/mol. The fraction of sp³-hybridized carbons (Fsp3) is 0.250. The van der Waals surface area contributed by atoms with Gasteiger partial charge in [-0.1, -0.05) is 30.3 Å². The number of benzene rings is 2. The summed E-state index contributed by atoms with van der Waals surface area (Å²) < 4.78 is 7.11. The Morgan fingerprint density at radius 1 is 1.03 bits per heavy atom. The zero-order chi connectivity index (χ0) is 24.9. The van der Waals surface area contributed by atoms with Crippen LogP contribution in [-0.2, 0) is 16.0 Å². The van der Waals surface area contributed by atoms with E-state index in [1.54, 1.807) is 25.1 Å². The van der Waals surface area contributed by atoms with Crippen LogP contribution in [0.2, 0.25) is 0 Å². The lowest BCUT2D eigenvalue weighted by Crippen LogP contribution is -2.29. The van der Waals surface area contributed by atoms with E-state index in [4.69, 9.17) is 4.74 Å². The predicted molar refractivity (Wildman–Crippen MR) is 139 cm³/mol. The number of rotatable bonds is 8. The Morgan fingerprint density at radius 2 is 1.74 bits per heavy atom. The van der Waals surface area contributed by atoms with Crippen LogP contribution in [0.4, 0.5) is 4.79 Å². The molecule has 1 saturated heterocycles. The van der Waals surface area contributed by atoms with Gasteiger partial charge in [0.2, 0.25) is 0 Å². The Hall–Kier alpha value is -3.58. The van der Waals surface area contributed by atoms with Crippen LogP contribution in [0, 0.1) is 13.8 Å². The van der Waals surface area contributed by atoms with Crippen LogP contribution < -0.4 is 0 Å². The summed E-state index contributed by atoms with van der Waals surface area (Å²) in [5.41, 5.74) is 5.41. The molecule has 7 heteroatoms. The topological polar surface area (TPSA) is 68.6 Å². The molecule has 1 aromatic heterocycles. The molecule has 3 aromatic rings. The molecule has 0 spiro atoms. The van der Waals surface area contributed by atoms with Crippen LogP contribution in [0.15, 0.2) is 65.6 Å². The van der Waals surface area contributed by atoms with Crippen LogP contribution in [0.3, 0.4) is 0 Å². The zero-order valence-corrected chi connectivity index (χ0v) is 20.9. The van der Waals surface area contributed by atoms with Crippen molar-refractivity contribution in [3.63, 3.8) is 0 Å². The second-order valence-electron chi connectivity index (χ2n) is 8.35. The second-order valence-corrected chi connectivity index (χ2v) is 9.34. The maximum absolute atomic E-state index is 13.0. The van der Waals surface area contributed by atoms with Crippen LogP contribution in [0.1, 0.15) is 46.2 Å². The molecule has 0 radical (unpaired) electrons. The van der Waals surface area contributed by atoms with Gasteiger partial charge in [-0.3, -0.25) is 14.5 Å². The van der Waals surface area contributed by atoms with Gasteiger partial charge in [-0.25, -0.2) is 4.79 Å². The molecule has 0 atom stereocenters. The van der Waals surface area contributed by atoms with Gasteiger partial charge in [0, 0.05) is 23.6 Å². The van der Waals surface area contributed by atoms with Crippen molar-refractivity contribution in [3.8, 4) is 5.69 Å². The maximum atomic E-state index is 13.0. The molecule has 2 amide bonds. The summed E-state index contributed by atoms with van der Waals surface area (Å²) in [6.45, 7) is 6.47. The van der Waals surface area contributed by atoms with Gasteiger partial charge in [0.05, 0.1) is 17.1 Å². The van der Waals surface area contributed by atoms with Crippen molar-refractivity contribution in [1.29, 1.82) is 0 Å². The summed E-state index contributed by atoms with van der Waals surface area (Å²) >= 11 is 0.990. The molecular weight excluding hydrogens is 460 g/mol. The number of carbonyl (C=O) groups excluding carboxylic acids is 3.